The first-order valence-corrected chi connectivity index (χ1v) is 9.25. The van der Waals surface area contributed by atoms with Crippen molar-refractivity contribution in [1.82, 2.24) is 14.7 Å². The highest BCUT2D eigenvalue weighted by Crippen LogP contribution is 2.34. The van der Waals surface area contributed by atoms with Gasteiger partial charge in [0.25, 0.3) is 5.91 Å². The minimum atomic E-state index is -0.850. The third-order valence-corrected chi connectivity index (χ3v) is 5.47. The second kappa shape index (κ2) is 6.47. The molecule has 128 valence electrons. The van der Waals surface area contributed by atoms with E-state index >= 15 is 0 Å². The lowest BCUT2D eigenvalue weighted by atomic mass is 9.74. The number of carboxylic acid groups (broad SMARTS) is 1. The number of aliphatic carboxylic acids is 1. The zero-order chi connectivity index (χ0) is 17.3. The van der Waals surface area contributed by atoms with Crippen LogP contribution in [0, 0.1) is 5.92 Å². The molecule has 0 aliphatic heterocycles. The zero-order valence-corrected chi connectivity index (χ0v) is 14.6. The summed E-state index contributed by atoms with van der Waals surface area (Å²) in [5.74, 6) is -1.73. The summed E-state index contributed by atoms with van der Waals surface area (Å²) in [7, 11) is 0. The maximum Gasteiger partial charge on any atom is 0.308 e. The quantitative estimate of drug-likeness (QED) is 0.831. The Balaban J connectivity index is 1.93. The van der Waals surface area contributed by atoms with Crippen LogP contribution in [0.1, 0.15) is 43.1 Å². The molecule has 6 nitrogen and oxygen atoms in total. The molecular weight excluding hydrogens is 326 g/mol. The second-order valence-corrected chi connectivity index (χ2v) is 7.18. The number of imidazole rings is 1. The topological polar surface area (TPSA) is 83.7 Å². The first-order chi connectivity index (χ1) is 11.5. The molecule has 1 fully saturated rings. The van der Waals surface area contributed by atoms with Crippen LogP contribution in [0.15, 0.2) is 29.6 Å². The fourth-order valence-electron chi connectivity index (χ4n) is 3.52. The van der Waals surface area contributed by atoms with Crippen molar-refractivity contribution in [2.75, 3.05) is 6.26 Å². The fraction of sp³-hybridized carbons (Fsp3) is 0.471. The molecule has 2 atom stereocenters. The van der Waals surface area contributed by atoms with Gasteiger partial charge in [-0.05, 0) is 38.2 Å². The number of rotatable bonds is 4. The summed E-state index contributed by atoms with van der Waals surface area (Å²) in [4.78, 5) is 28.9. The molecule has 0 bridgehead atoms. The highest BCUT2D eigenvalue weighted by molar-refractivity contribution is 7.98. The summed E-state index contributed by atoms with van der Waals surface area (Å²) in [6, 6.07) is 5.60. The summed E-state index contributed by atoms with van der Waals surface area (Å²) in [6.45, 7) is 1.83. The van der Waals surface area contributed by atoms with E-state index in [0.717, 1.165) is 23.5 Å². The van der Waals surface area contributed by atoms with Crippen LogP contribution in [0.25, 0.3) is 5.52 Å². The van der Waals surface area contributed by atoms with Gasteiger partial charge in [-0.25, -0.2) is 4.98 Å². The normalized spacial score (nSPS) is 24.0. The first kappa shape index (κ1) is 16.8. The molecule has 2 aromatic heterocycles. The van der Waals surface area contributed by atoms with Gasteiger partial charge < -0.3 is 10.4 Å². The standard InChI is InChI=1S/C17H21N3O3S/c1-17(9-5-3-7-11(17)15(22)23)19-14(21)13-12-8-4-6-10-20(12)16(18-13)24-2/h4,6,8,10-11H,3,5,7,9H2,1-2H3,(H,19,21)(H,22,23). The SMILES string of the molecule is CSc1nc(C(=O)NC2(C)CCCCC2C(=O)O)c2ccccn12. The minimum Gasteiger partial charge on any atom is -0.481 e. The Kier molecular flexibility index (Phi) is 4.54. The van der Waals surface area contributed by atoms with Crippen molar-refractivity contribution in [2.24, 2.45) is 5.92 Å². The lowest BCUT2D eigenvalue weighted by Crippen LogP contribution is -2.55. The molecule has 0 radical (unpaired) electrons. The van der Waals surface area contributed by atoms with Gasteiger partial charge in [-0.2, -0.15) is 0 Å². The van der Waals surface area contributed by atoms with Gasteiger partial charge in [0, 0.05) is 6.20 Å². The molecule has 2 N–H and O–H groups in total. The number of aromatic nitrogens is 2. The first-order valence-electron chi connectivity index (χ1n) is 8.02. The zero-order valence-electron chi connectivity index (χ0n) is 13.8. The van der Waals surface area contributed by atoms with Crippen LogP contribution in [-0.2, 0) is 4.79 Å². The number of thioether (sulfide) groups is 1. The number of nitrogens with one attached hydrogen (secondary N) is 1. The number of carboxylic acids is 1. The van der Waals surface area contributed by atoms with Crippen molar-refractivity contribution < 1.29 is 14.7 Å². The van der Waals surface area contributed by atoms with E-state index in [0.29, 0.717) is 18.5 Å². The molecule has 1 aliphatic rings. The fourth-order valence-corrected chi connectivity index (χ4v) is 4.06. The van der Waals surface area contributed by atoms with Crippen molar-refractivity contribution in [1.29, 1.82) is 0 Å². The van der Waals surface area contributed by atoms with Crippen LogP contribution in [0.4, 0.5) is 0 Å². The predicted octanol–water partition coefficient (Wildman–Crippen LogP) is 2.82. The molecule has 2 unspecified atom stereocenters. The number of fused-ring (bicyclic) bond motifs is 1. The number of carbonyl (C=O) groups excluding carboxylic acids is 1. The summed E-state index contributed by atoms with van der Waals surface area (Å²) >= 11 is 1.46. The Hall–Kier alpha value is -2.02. The van der Waals surface area contributed by atoms with E-state index in [9.17, 15) is 14.7 Å². The third-order valence-electron chi connectivity index (χ3n) is 4.82. The van der Waals surface area contributed by atoms with Crippen molar-refractivity contribution in [3.8, 4) is 0 Å². The van der Waals surface area contributed by atoms with Gasteiger partial charge in [-0.1, -0.05) is 30.7 Å². The van der Waals surface area contributed by atoms with Crippen molar-refractivity contribution in [3.63, 3.8) is 0 Å². The molecule has 0 saturated heterocycles. The van der Waals surface area contributed by atoms with Crippen LogP contribution in [-0.4, -0.2) is 38.2 Å². The van der Waals surface area contributed by atoms with Crippen LogP contribution in [0.2, 0.25) is 0 Å². The average molecular weight is 347 g/mol. The Morgan fingerprint density at radius 1 is 1.42 bits per heavy atom. The summed E-state index contributed by atoms with van der Waals surface area (Å²) in [5, 5.41) is 13.2. The highest BCUT2D eigenvalue weighted by Gasteiger charge is 2.42. The van der Waals surface area contributed by atoms with Gasteiger partial charge in [-0.15, -0.1) is 0 Å². The molecule has 2 heterocycles. The summed E-state index contributed by atoms with van der Waals surface area (Å²) in [6.07, 6.45) is 6.83. The second-order valence-electron chi connectivity index (χ2n) is 6.41. The minimum absolute atomic E-state index is 0.311. The monoisotopic (exact) mass is 347 g/mol. The van der Waals surface area contributed by atoms with E-state index in [-0.39, 0.29) is 5.91 Å². The Labute approximate surface area is 144 Å². The van der Waals surface area contributed by atoms with Gasteiger partial charge >= 0.3 is 5.97 Å². The average Bonchev–Trinajstić information content (AvgIpc) is 2.93. The lowest BCUT2D eigenvalue weighted by Gasteiger charge is -2.39. The van der Waals surface area contributed by atoms with E-state index in [4.69, 9.17) is 0 Å². The largest absolute Gasteiger partial charge is 0.481 e. The maximum absolute atomic E-state index is 12.8. The van der Waals surface area contributed by atoms with Gasteiger partial charge in [0.2, 0.25) is 0 Å². The van der Waals surface area contributed by atoms with Crippen LogP contribution >= 0.6 is 11.8 Å². The number of carbonyl (C=O) groups is 2. The van der Waals surface area contributed by atoms with E-state index in [1.165, 1.54) is 11.8 Å². The predicted molar refractivity (Wildman–Crippen MR) is 92.4 cm³/mol. The number of pyridine rings is 1. The van der Waals surface area contributed by atoms with Crippen molar-refractivity contribution in [2.45, 2.75) is 43.3 Å². The third kappa shape index (κ3) is 2.88. The molecule has 7 heteroatoms. The van der Waals surface area contributed by atoms with Gasteiger partial charge in [0.05, 0.1) is 17.0 Å². The molecule has 24 heavy (non-hydrogen) atoms. The van der Waals surface area contributed by atoms with Crippen molar-refractivity contribution >= 4 is 29.2 Å². The molecule has 1 aliphatic carbocycles. The lowest BCUT2D eigenvalue weighted by molar-refractivity contribution is -0.145. The van der Waals surface area contributed by atoms with Gasteiger partial charge in [-0.3, -0.25) is 14.0 Å². The number of hydrogen-bond donors (Lipinski definition) is 2. The maximum atomic E-state index is 12.8. The number of nitrogens with zero attached hydrogens (tertiary/aromatic N) is 2. The van der Waals surface area contributed by atoms with E-state index in [1.54, 1.807) is 0 Å². The molecule has 0 spiro atoms. The van der Waals surface area contributed by atoms with Crippen LogP contribution < -0.4 is 5.32 Å². The smallest absolute Gasteiger partial charge is 0.308 e. The summed E-state index contributed by atoms with van der Waals surface area (Å²) in [5.41, 5.74) is 0.326. The van der Waals surface area contributed by atoms with Gasteiger partial charge in [0.1, 0.15) is 0 Å². The Bertz CT molecular complexity index is 788. The molecular formula is C17H21N3O3S. The summed E-state index contributed by atoms with van der Waals surface area (Å²) < 4.78 is 1.87. The van der Waals surface area contributed by atoms with E-state index in [1.807, 2.05) is 42.0 Å². The Morgan fingerprint density at radius 2 is 2.21 bits per heavy atom. The number of hydrogen-bond acceptors (Lipinski definition) is 4. The molecule has 3 rings (SSSR count). The number of amides is 1. The molecule has 2 aromatic rings. The van der Waals surface area contributed by atoms with E-state index < -0.39 is 17.4 Å². The van der Waals surface area contributed by atoms with Crippen molar-refractivity contribution in [3.05, 3.63) is 30.1 Å². The highest BCUT2D eigenvalue weighted by atomic mass is 32.2. The molecule has 1 saturated carbocycles. The van der Waals surface area contributed by atoms with Gasteiger partial charge in [0.15, 0.2) is 10.9 Å². The van der Waals surface area contributed by atoms with Crippen LogP contribution in [0.5, 0.6) is 0 Å². The Morgan fingerprint density at radius 3 is 2.92 bits per heavy atom. The molecule has 1 amide bonds. The molecule has 0 aromatic carbocycles. The van der Waals surface area contributed by atoms with Crippen LogP contribution in [0.3, 0.4) is 0 Å². The van der Waals surface area contributed by atoms with E-state index in [2.05, 4.69) is 10.3 Å².